The molecule has 2 aliphatic rings. The fraction of sp³-hybridized carbons (Fsp3) is 0.526. The molecule has 0 bridgehead atoms. The van der Waals surface area contributed by atoms with Crippen molar-refractivity contribution in [3.8, 4) is 0 Å². The highest BCUT2D eigenvalue weighted by atomic mass is 16.1. The number of Topliss-reactive ketones (excluding diaryl/α,β-unsaturated/α-hetero) is 1. The summed E-state index contributed by atoms with van der Waals surface area (Å²) in [7, 11) is 2.11. The van der Waals surface area contributed by atoms with E-state index >= 15 is 0 Å². The Balaban J connectivity index is 1.80. The highest BCUT2D eigenvalue weighted by Crippen LogP contribution is 2.36. The van der Waals surface area contributed by atoms with Gasteiger partial charge in [0.15, 0.2) is 5.78 Å². The Labute approximate surface area is 133 Å². The van der Waals surface area contributed by atoms with Crippen molar-refractivity contribution >= 4 is 5.78 Å². The predicted octanol–water partition coefficient (Wildman–Crippen LogP) is 3.32. The predicted molar refractivity (Wildman–Crippen MR) is 90.0 cm³/mol. The SMILES string of the molecule is C=CNCc1ccc2c(c1)C(C)CC(N(C)CC1CC1)C2=O. The van der Waals surface area contributed by atoms with E-state index in [1.54, 1.807) is 6.20 Å². The van der Waals surface area contributed by atoms with Crippen LogP contribution in [0, 0.1) is 5.92 Å². The minimum absolute atomic E-state index is 0.0558. The molecule has 0 aliphatic heterocycles. The Morgan fingerprint density at radius 1 is 1.41 bits per heavy atom. The van der Waals surface area contributed by atoms with Gasteiger partial charge in [-0.1, -0.05) is 31.7 Å². The number of carbonyl (C=O) groups excluding carboxylic acids is 1. The fourth-order valence-electron chi connectivity index (χ4n) is 3.51. The highest BCUT2D eigenvalue weighted by Gasteiger charge is 2.36. The molecule has 1 fully saturated rings. The van der Waals surface area contributed by atoms with Crippen LogP contribution in [0.3, 0.4) is 0 Å². The van der Waals surface area contributed by atoms with Gasteiger partial charge in [-0.2, -0.15) is 0 Å². The average molecular weight is 298 g/mol. The van der Waals surface area contributed by atoms with Crippen molar-refractivity contribution in [2.45, 2.75) is 44.7 Å². The van der Waals surface area contributed by atoms with Crippen LogP contribution in [0.4, 0.5) is 0 Å². The largest absolute Gasteiger partial charge is 0.387 e. The standard InChI is InChI=1S/C19H26N2O/c1-4-20-11-15-7-8-16-17(10-15)13(2)9-18(19(16)22)21(3)12-14-5-6-14/h4,7-8,10,13-14,18,20H,1,5-6,9,11-12H2,2-3H3. The van der Waals surface area contributed by atoms with Crippen LogP contribution in [0.15, 0.2) is 31.0 Å². The smallest absolute Gasteiger partial charge is 0.180 e. The van der Waals surface area contributed by atoms with Gasteiger partial charge in [0.05, 0.1) is 6.04 Å². The van der Waals surface area contributed by atoms with Gasteiger partial charge in [-0.15, -0.1) is 0 Å². The maximum Gasteiger partial charge on any atom is 0.180 e. The molecule has 1 aromatic carbocycles. The second-order valence-electron chi connectivity index (χ2n) is 6.91. The Morgan fingerprint density at radius 2 is 2.18 bits per heavy atom. The van der Waals surface area contributed by atoms with Crippen molar-refractivity contribution in [2.24, 2.45) is 5.92 Å². The Hall–Kier alpha value is -1.61. The molecule has 3 nitrogen and oxygen atoms in total. The number of fused-ring (bicyclic) bond motifs is 1. The number of ketones is 1. The van der Waals surface area contributed by atoms with Crippen LogP contribution in [-0.4, -0.2) is 30.3 Å². The Kier molecular flexibility index (Phi) is 4.34. The maximum atomic E-state index is 12.9. The monoisotopic (exact) mass is 298 g/mol. The van der Waals surface area contributed by atoms with Crippen LogP contribution >= 0.6 is 0 Å². The lowest BCUT2D eigenvalue weighted by Crippen LogP contribution is -2.43. The first-order valence-electron chi connectivity index (χ1n) is 8.31. The van der Waals surface area contributed by atoms with Crippen molar-refractivity contribution in [3.05, 3.63) is 47.7 Å². The number of likely N-dealkylation sites (N-methyl/N-ethyl adjacent to an activating group) is 1. The van der Waals surface area contributed by atoms with Gasteiger partial charge in [-0.05, 0) is 55.5 Å². The summed E-state index contributed by atoms with van der Waals surface area (Å²) in [5, 5.41) is 3.12. The summed E-state index contributed by atoms with van der Waals surface area (Å²) >= 11 is 0. The van der Waals surface area contributed by atoms with Crippen LogP contribution in [0.5, 0.6) is 0 Å². The van der Waals surface area contributed by atoms with Crippen molar-refractivity contribution in [1.29, 1.82) is 0 Å². The fourth-order valence-corrected chi connectivity index (χ4v) is 3.51. The minimum atomic E-state index is 0.0558. The third-order valence-electron chi connectivity index (χ3n) is 5.02. The molecule has 0 saturated heterocycles. The molecular weight excluding hydrogens is 272 g/mol. The molecule has 0 radical (unpaired) electrons. The Morgan fingerprint density at radius 3 is 2.86 bits per heavy atom. The van der Waals surface area contributed by atoms with Crippen LogP contribution < -0.4 is 5.32 Å². The first kappa shape index (κ1) is 15.3. The summed E-state index contributed by atoms with van der Waals surface area (Å²) in [6.07, 6.45) is 5.30. The van der Waals surface area contributed by atoms with Crippen LogP contribution in [0.1, 0.15) is 53.6 Å². The number of nitrogens with zero attached hydrogens (tertiary/aromatic N) is 1. The number of nitrogens with one attached hydrogen (secondary N) is 1. The molecule has 0 spiro atoms. The van der Waals surface area contributed by atoms with Crippen LogP contribution in [0.25, 0.3) is 0 Å². The molecule has 0 aromatic heterocycles. The van der Waals surface area contributed by atoms with E-state index in [9.17, 15) is 4.79 Å². The number of carbonyl (C=O) groups is 1. The number of benzene rings is 1. The highest BCUT2D eigenvalue weighted by molar-refractivity contribution is 6.02. The lowest BCUT2D eigenvalue weighted by atomic mass is 9.79. The minimum Gasteiger partial charge on any atom is -0.387 e. The van der Waals surface area contributed by atoms with Gasteiger partial charge in [0, 0.05) is 18.7 Å². The third kappa shape index (κ3) is 3.09. The van der Waals surface area contributed by atoms with Crippen molar-refractivity contribution < 1.29 is 4.79 Å². The van der Waals surface area contributed by atoms with Gasteiger partial charge in [-0.3, -0.25) is 9.69 Å². The maximum absolute atomic E-state index is 12.9. The number of hydrogen-bond acceptors (Lipinski definition) is 3. The summed E-state index contributed by atoms with van der Waals surface area (Å²) < 4.78 is 0. The molecule has 3 heteroatoms. The summed E-state index contributed by atoms with van der Waals surface area (Å²) in [5.41, 5.74) is 3.35. The van der Waals surface area contributed by atoms with Gasteiger partial charge >= 0.3 is 0 Å². The molecule has 1 N–H and O–H groups in total. The van der Waals surface area contributed by atoms with Crippen molar-refractivity contribution in [2.75, 3.05) is 13.6 Å². The summed E-state index contributed by atoms with van der Waals surface area (Å²) in [6.45, 7) is 7.76. The van der Waals surface area contributed by atoms with E-state index in [2.05, 4.69) is 42.9 Å². The summed E-state index contributed by atoms with van der Waals surface area (Å²) in [4.78, 5) is 15.1. The van der Waals surface area contributed by atoms with Gasteiger partial charge in [0.2, 0.25) is 0 Å². The lowest BCUT2D eigenvalue weighted by molar-refractivity contribution is 0.0809. The zero-order valence-electron chi connectivity index (χ0n) is 13.6. The first-order chi connectivity index (χ1) is 10.6. The van der Waals surface area contributed by atoms with E-state index in [0.717, 1.165) is 31.0 Å². The third-order valence-corrected chi connectivity index (χ3v) is 5.02. The molecule has 0 amide bonds. The molecule has 1 aromatic rings. The molecule has 3 rings (SSSR count). The summed E-state index contributed by atoms with van der Waals surface area (Å²) in [6, 6.07) is 6.32. The first-order valence-corrected chi connectivity index (χ1v) is 8.31. The van der Waals surface area contributed by atoms with E-state index in [1.165, 1.54) is 24.0 Å². The Bertz CT molecular complexity index is 577. The topological polar surface area (TPSA) is 32.3 Å². The van der Waals surface area contributed by atoms with Gasteiger partial charge < -0.3 is 5.32 Å². The molecule has 0 heterocycles. The van der Waals surface area contributed by atoms with Gasteiger partial charge in [-0.25, -0.2) is 0 Å². The van der Waals surface area contributed by atoms with E-state index in [-0.39, 0.29) is 6.04 Å². The number of rotatable bonds is 6. The molecule has 118 valence electrons. The lowest BCUT2D eigenvalue weighted by Gasteiger charge is -2.34. The molecule has 2 atom stereocenters. The van der Waals surface area contributed by atoms with E-state index in [1.807, 2.05) is 6.07 Å². The number of hydrogen-bond donors (Lipinski definition) is 1. The summed E-state index contributed by atoms with van der Waals surface area (Å²) in [5.74, 6) is 1.56. The van der Waals surface area contributed by atoms with Gasteiger partial charge in [0.1, 0.15) is 0 Å². The van der Waals surface area contributed by atoms with Crippen molar-refractivity contribution in [1.82, 2.24) is 10.2 Å². The molecule has 2 unspecified atom stereocenters. The second-order valence-corrected chi connectivity index (χ2v) is 6.91. The normalized spacial score (nSPS) is 24.2. The van der Waals surface area contributed by atoms with Crippen LogP contribution in [0.2, 0.25) is 0 Å². The van der Waals surface area contributed by atoms with E-state index in [4.69, 9.17) is 0 Å². The zero-order valence-corrected chi connectivity index (χ0v) is 13.6. The van der Waals surface area contributed by atoms with Crippen LogP contribution in [-0.2, 0) is 6.54 Å². The van der Waals surface area contributed by atoms with Crippen molar-refractivity contribution in [3.63, 3.8) is 0 Å². The molecule has 1 saturated carbocycles. The molecule has 2 aliphatic carbocycles. The van der Waals surface area contributed by atoms with E-state index in [0.29, 0.717) is 11.7 Å². The zero-order chi connectivity index (χ0) is 15.7. The quantitative estimate of drug-likeness (QED) is 0.874. The molecule has 22 heavy (non-hydrogen) atoms. The van der Waals surface area contributed by atoms with E-state index < -0.39 is 0 Å². The second kappa shape index (κ2) is 6.25. The average Bonchev–Trinajstić information content (AvgIpc) is 3.32. The van der Waals surface area contributed by atoms with Gasteiger partial charge in [0.25, 0.3) is 0 Å². The molecular formula is C19H26N2O.